The van der Waals surface area contributed by atoms with Gasteiger partial charge in [0, 0.05) is 5.02 Å². The minimum Gasteiger partial charge on any atom is -0.450 e. The predicted octanol–water partition coefficient (Wildman–Crippen LogP) is 4.97. The standard InChI is InChI=1S/C22H16ClN3O3S/c1-10-4-6-13(7-5-10)18-17-19(27)14-9-15(23)11(2)8-16(14)29-20(17)21(28)26(18)22-25-24-12(3)30-22/h4-9,18H,1-3H3. The van der Waals surface area contributed by atoms with Crippen LogP contribution < -0.4 is 10.3 Å². The van der Waals surface area contributed by atoms with Crippen molar-refractivity contribution in [3.63, 3.8) is 0 Å². The second-order valence-electron chi connectivity index (χ2n) is 7.36. The highest BCUT2D eigenvalue weighted by Gasteiger charge is 2.45. The highest BCUT2D eigenvalue weighted by Crippen LogP contribution is 2.42. The van der Waals surface area contributed by atoms with Crippen molar-refractivity contribution in [2.75, 3.05) is 4.90 Å². The summed E-state index contributed by atoms with van der Waals surface area (Å²) in [6, 6.07) is 10.4. The van der Waals surface area contributed by atoms with E-state index in [2.05, 4.69) is 10.2 Å². The summed E-state index contributed by atoms with van der Waals surface area (Å²) in [4.78, 5) is 28.4. The van der Waals surface area contributed by atoms with Gasteiger partial charge in [0.05, 0.1) is 17.0 Å². The molecule has 0 radical (unpaired) electrons. The normalized spacial score (nSPS) is 15.8. The fourth-order valence-corrected chi connectivity index (χ4v) is 4.62. The van der Waals surface area contributed by atoms with Gasteiger partial charge in [-0.05, 0) is 44.0 Å². The van der Waals surface area contributed by atoms with Gasteiger partial charge in [-0.25, -0.2) is 0 Å². The van der Waals surface area contributed by atoms with Gasteiger partial charge in [0.25, 0.3) is 5.91 Å². The number of fused-ring (bicyclic) bond motifs is 2. The molecule has 3 heterocycles. The van der Waals surface area contributed by atoms with Crippen molar-refractivity contribution in [1.29, 1.82) is 0 Å². The van der Waals surface area contributed by atoms with E-state index in [9.17, 15) is 9.59 Å². The maximum Gasteiger partial charge on any atom is 0.297 e. The molecule has 0 spiro atoms. The molecule has 0 aliphatic carbocycles. The quantitative estimate of drug-likeness (QED) is 0.442. The van der Waals surface area contributed by atoms with Crippen molar-refractivity contribution in [2.24, 2.45) is 0 Å². The first-order valence-corrected chi connectivity index (χ1v) is 10.5. The smallest absolute Gasteiger partial charge is 0.297 e. The van der Waals surface area contributed by atoms with Crippen LogP contribution >= 0.6 is 22.9 Å². The van der Waals surface area contributed by atoms with Gasteiger partial charge < -0.3 is 4.42 Å². The lowest BCUT2D eigenvalue weighted by molar-refractivity contribution is 0.0970. The average molecular weight is 438 g/mol. The maximum atomic E-state index is 13.5. The molecule has 1 amide bonds. The molecular weight excluding hydrogens is 422 g/mol. The monoisotopic (exact) mass is 437 g/mol. The van der Waals surface area contributed by atoms with Gasteiger partial charge in [-0.15, -0.1) is 10.2 Å². The van der Waals surface area contributed by atoms with Crippen LogP contribution in [0.15, 0.2) is 45.6 Å². The fourth-order valence-electron chi connectivity index (χ4n) is 3.74. The number of rotatable bonds is 2. The van der Waals surface area contributed by atoms with Gasteiger partial charge >= 0.3 is 0 Å². The Bertz CT molecular complexity index is 1390. The number of aryl methyl sites for hydroxylation is 3. The average Bonchev–Trinajstić information content (AvgIpc) is 3.26. The van der Waals surface area contributed by atoms with Gasteiger partial charge in [-0.1, -0.05) is 52.8 Å². The number of benzene rings is 2. The zero-order chi connectivity index (χ0) is 21.2. The zero-order valence-electron chi connectivity index (χ0n) is 16.4. The van der Waals surface area contributed by atoms with Gasteiger partial charge in [0.1, 0.15) is 10.6 Å². The van der Waals surface area contributed by atoms with Gasteiger partial charge in [-0.2, -0.15) is 0 Å². The van der Waals surface area contributed by atoms with Crippen molar-refractivity contribution in [3.8, 4) is 0 Å². The number of amides is 1. The molecule has 4 aromatic rings. The van der Waals surface area contributed by atoms with Crippen molar-refractivity contribution < 1.29 is 9.21 Å². The van der Waals surface area contributed by atoms with Gasteiger partial charge in [0.2, 0.25) is 10.9 Å². The lowest BCUT2D eigenvalue weighted by atomic mass is 9.97. The summed E-state index contributed by atoms with van der Waals surface area (Å²) in [6.07, 6.45) is 0. The van der Waals surface area contributed by atoms with Crippen LogP contribution in [0.25, 0.3) is 11.0 Å². The minimum atomic E-state index is -0.652. The highest BCUT2D eigenvalue weighted by atomic mass is 35.5. The van der Waals surface area contributed by atoms with E-state index < -0.39 is 11.9 Å². The molecule has 1 unspecified atom stereocenters. The summed E-state index contributed by atoms with van der Waals surface area (Å²) in [6.45, 7) is 5.62. The summed E-state index contributed by atoms with van der Waals surface area (Å²) in [7, 11) is 0. The van der Waals surface area contributed by atoms with Crippen molar-refractivity contribution in [1.82, 2.24) is 10.2 Å². The van der Waals surface area contributed by atoms with E-state index in [1.807, 2.05) is 45.0 Å². The third kappa shape index (κ3) is 2.77. The third-order valence-corrected chi connectivity index (χ3v) is 6.51. The molecule has 1 aliphatic rings. The molecule has 1 aliphatic heterocycles. The van der Waals surface area contributed by atoms with Crippen LogP contribution in [-0.2, 0) is 0 Å². The first-order valence-electron chi connectivity index (χ1n) is 9.32. The van der Waals surface area contributed by atoms with E-state index >= 15 is 0 Å². The summed E-state index contributed by atoms with van der Waals surface area (Å²) < 4.78 is 5.97. The molecule has 0 saturated carbocycles. The molecule has 2 aromatic carbocycles. The molecule has 0 saturated heterocycles. The molecular formula is C22H16ClN3O3S. The number of hydrogen-bond acceptors (Lipinski definition) is 6. The second-order valence-corrected chi connectivity index (χ2v) is 8.93. The first kappa shape index (κ1) is 19.0. The molecule has 1 atom stereocenters. The Kier molecular flexibility index (Phi) is 4.27. The predicted molar refractivity (Wildman–Crippen MR) is 117 cm³/mol. The Morgan fingerprint density at radius 1 is 1.07 bits per heavy atom. The van der Waals surface area contributed by atoms with E-state index in [0.717, 1.165) is 21.7 Å². The molecule has 2 aromatic heterocycles. The Morgan fingerprint density at radius 2 is 1.80 bits per heavy atom. The topological polar surface area (TPSA) is 76.3 Å². The van der Waals surface area contributed by atoms with Crippen LogP contribution in [0.1, 0.15) is 43.9 Å². The summed E-state index contributed by atoms with van der Waals surface area (Å²) in [5.74, 6) is -0.369. The van der Waals surface area contributed by atoms with E-state index in [0.29, 0.717) is 26.7 Å². The summed E-state index contributed by atoms with van der Waals surface area (Å²) in [5, 5.41) is 10.2. The molecule has 30 heavy (non-hydrogen) atoms. The third-order valence-electron chi connectivity index (χ3n) is 5.27. The number of halogens is 1. The van der Waals surface area contributed by atoms with Crippen LogP contribution in [0.3, 0.4) is 0 Å². The fraction of sp³-hybridized carbons (Fsp3) is 0.182. The van der Waals surface area contributed by atoms with Crippen molar-refractivity contribution >= 4 is 44.9 Å². The molecule has 6 nitrogen and oxygen atoms in total. The van der Waals surface area contributed by atoms with E-state index in [1.54, 1.807) is 12.1 Å². The molecule has 0 bridgehead atoms. The van der Waals surface area contributed by atoms with Crippen LogP contribution in [0.4, 0.5) is 5.13 Å². The summed E-state index contributed by atoms with van der Waals surface area (Å²) >= 11 is 7.56. The molecule has 0 N–H and O–H groups in total. The molecule has 150 valence electrons. The second kappa shape index (κ2) is 6.75. The van der Waals surface area contributed by atoms with E-state index in [1.165, 1.54) is 16.2 Å². The Balaban J connectivity index is 1.83. The number of hydrogen-bond donors (Lipinski definition) is 0. The number of carbonyl (C=O) groups excluding carboxylic acids is 1. The van der Waals surface area contributed by atoms with Crippen molar-refractivity contribution in [2.45, 2.75) is 26.8 Å². The summed E-state index contributed by atoms with van der Waals surface area (Å²) in [5.41, 5.74) is 3.01. The number of anilines is 1. The lowest BCUT2D eigenvalue weighted by Crippen LogP contribution is -2.29. The Hall–Kier alpha value is -3.03. The van der Waals surface area contributed by atoms with Gasteiger partial charge in [0.15, 0.2) is 5.43 Å². The SMILES string of the molecule is Cc1ccc(C2c3c(oc4cc(C)c(Cl)cc4c3=O)C(=O)N2c2nnc(C)s2)cc1. The van der Waals surface area contributed by atoms with Gasteiger partial charge in [-0.3, -0.25) is 14.5 Å². The number of nitrogens with zero attached hydrogens (tertiary/aromatic N) is 3. The highest BCUT2D eigenvalue weighted by molar-refractivity contribution is 7.15. The van der Waals surface area contributed by atoms with E-state index in [4.69, 9.17) is 16.0 Å². The zero-order valence-corrected chi connectivity index (χ0v) is 18.0. The minimum absolute atomic E-state index is 0.0349. The Labute approximate surface area is 180 Å². The van der Waals surface area contributed by atoms with E-state index in [-0.39, 0.29) is 11.2 Å². The molecule has 0 fully saturated rings. The first-order chi connectivity index (χ1) is 14.3. The lowest BCUT2D eigenvalue weighted by Gasteiger charge is -2.22. The van der Waals surface area contributed by atoms with Crippen LogP contribution in [0, 0.1) is 20.8 Å². The van der Waals surface area contributed by atoms with Crippen LogP contribution in [-0.4, -0.2) is 16.1 Å². The molecule has 5 rings (SSSR count). The van der Waals surface area contributed by atoms with Crippen molar-refractivity contribution in [3.05, 3.63) is 84.7 Å². The number of carbonyl (C=O) groups is 1. The largest absolute Gasteiger partial charge is 0.450 e. The number of aromatic nitrogens is 2. The molecule has 8 heteroatoms. The van der Waals surface area contributed by atoms with Crippen LogP contribution in [0.2, 0.25) is 5.02 Å². The maximum absolute atomic E-state index is 13.5. The van der Waals surface area contributed by atoms with Crippen LogP contribution in [0.5, 0.6) is 0 Å². The Morgan fingerprint density at radius 3 is 2.47 bits per heavy atom.